The van der Waals surface area contributed by atoms with Crippen molar-refractivity contribution in [2.45, 2.75) is 52.2 Å². The van der Waals surface area contributed by atoms with Crippen molar-refractivity contribution in [3.8, 4) is 0 Å². The minimum Gasteiger partial charge on any atom is -0.358 e. The van der Waals surface area contributed by atoms with Crippen molar-refractivity contribution in [3.05, 3.63) is 0 Å². The summed E-state index contributed by atoms with van der Waals surface area (Å²) >= 11 is 0. The number of ether oxygens (including phenoxy) is 1. The Balaban J connectivity index is 2.32. The summed E-state index contributed by atoms with van der Waals surface area (Å²) in [4.78, 5) is 13.8. The number of carbonyl (C=O) groups excluding carboxylic acids is 1. The fourth-order valence-electron chi connectivity index (χ4n) is 1.85. The molecule has 2 amide bonds. The highest BCUT2D eigenvalue weighted by atomic mass is 16.5. The van der Waals surface area contributed by atoms with Crippen LogP contribution in [0, 0.1) is 0 Å². The maximum atomic E-state index is 11.9. The van der Waals surface area contributed by atoms with E-state index in [4.69, 9.17) is 4.74 Å². The number of nitrogens with zero attached hydrogens (tertiary/aromatic N) is 1. The molecule has 1 heterocycles. The first-order chi connectivity index (χ1) is 7.77. The SMILES string of the molecule is CCCCN(CCC)C(=O)NC1CCCO1. The van der Waals surface area contributed by atoms with Crippen LogP contribution in [0.1, 0.15) is 46.0 Å². The zero-order valence-electron chi connectivity index (χ0n) is 10.5. The molecular weight excluding hydrogens is 204 g/mol. The molecule has 1 atom stereocenters. The first-order valence-electron chi connectivity index (χ1n) is 6.45. The molecule has 0 spiro atoms. The quantitative estimate of drug-likeness (QED) is 0.758. The van der Waals surface area contributed by atoms with Gasteiger partial charge in [0.05, 0.1) is 0 Å². The smallest absolute Gasteiger partial charge is 0.319 e. The van der Waals surface area contributed by atoms with Gasteiger partial charge in [0.15, 0.2) is 0 Å². The van der Waals surface area contributed by atoms with E-state index in [2.05, 4.69) is 19.2 Å². The van der Waals surface area contributed by atoms with Crippen molar-refractivity contribution in [2.24, 2.45) is 0 Å². The number of urea groups is 1. The van der Waals surface area contributed by atoms with Crippen LogP contribution in [0.3, 0.4) is 0 Å². The van der Waals surface area contributed by atoms with Crippen LogP contribution < -0.4 is 5.32 Å². The minimum atomic E-state index is -0.0616. The van der Waals surface area contributed by atoms with E-state index in [1.807, 2.05) is 4.90 Å². The lowest BCUT2D eigenvalue weighted by molar-refractivity contribution is 0.0834. The lowest BCUT2D eigenvalue weighted by Gasteiger charge is -2.24. The predicted molar refractivity (Wildman–Crippen MR) is 64.3 cm³/mol. The summed E-state index contributed by atoms with van der Waals surface area (Å²) in [6, 6.07) is 0.0298. The second kappa shape index (κ2) is 7.49. The van der Waals surface area contributed by atoms with Crippen molar-refractivity contribution in [2.75, 3.05) is 19.7 Å². The first-order valence-corrected chi connectivity index (χ1v) is 6.45. The van der Waals surface area contributed by atoms with E-state index in [1.54, 1.807) is 0 Å². The molecule has 94 valence electrons. The van der Waals surface area contributed by atoms with E-state index in [0.29, 0.717) is 0 Å². The second-order valence-electron chi connectivity index (χ2n) is 4.29. The fourth-order valence-corrected chi connectivity index (χ4v) is 1.85. The molecule has 4 nitrogen and oxygen atoms in total. The molecule has 0 bridgehead atoms. The summed E-state index contributed by atoms with van der Waals surface area (Å²) in [5.74, 6) is 0. The number of carbonyl (C=O) groups is 1. The number of amides is 2. The standard InChI is InChI=1S/C12H24N2O2/c1-3-5-9-14(8-4-2)12(15)13-11-7-6-10-16-11/h11H,3-10H2,1-2H3,(H,13,15). The number of unbranched alkanes of at least 4 members (excludes halogenated alkanes) is 1. The van der Waals surface area contributed by atoms with Gasteiger partial charge in [0.1, 0.15) is 6.23 Å². The van der Waals surface area contributed by atoms with E-state index >= 15 is 0 Å². The van der Waals surface area contributed by atoms with Gasteiger partial charge in [-0.2, -0.15) is 0 Å². The largest absolute Gasteiger partial charge is 0.358 e. The van der Waals surface area contributed by atoms with Crippen LogP contribution in [-0.4, -0.2) is 36.9 Å². The monoisotopic (exact) mass is 228 g/mol. The molecule has 1 aliphatic heterocycles. The highest BCUT2D eigenvalue weighted by molar-refractivity contribution is 5.74. The average molecular weight is 228 g/mol. The molecule has 1 aliphatic rings. The molecule has 0 aliphatic carbocycles. The average Bonchev–Trinajstić information content (AvgIpc) is 2.76. The van der Waals surface area contributed by atoms with Gasteiger partial charge in [0.25, 0.3) is 0 Å². The Morgan fingerprint density at radius 3 is 2.75 bits per heavy atom. The van der Waals surface area contributed by atoms with Crippen molar-refractivity contribution in [3.63, 3.8) is 0 Å². The Bertz CT molecular complexity index is 203. The number of hydrogen-bond acceptors (Lipinski definition) is 2. The molecule has 1 saturated heterocycles. The van der Waals surface area contributed by atoms with Gasteiger partial charge in [-0.15, -0.1) is 0 Å². The molecule has 1 fully saturated rings. The number of nitrogens with one attached hydrogen (secondary N) is 1. The molecular formula is C12H24N2O2. The van der Waals surface area contributed by atoms with Gasteiger partial charge in [-0.05, 0) is 25.7 Å². The van der Waals surface area contributed by atoms with Crippen LogP contribution in [0.2, 0.25) is 0 Å². The number of rotatable bonds is 6. The maximum absolute atomic E-state index is 11.9. The Labute approximate surface area is 98.3 Å². The van der Waals surface area contributed by atoms with Crippen molar-refractivity contribution in [1.82, 2.24) is 10.2 Å². The Kier molecular flexibility index (Phi) is 6.23. The van der Waals surface area contributed by atoms with Crippen molar-refractivity contribution >= 4 is 6.03 Å². The molecule has 16 heavy (non-hydrogen) atoms. The lowest BCUT2D eigenvalue weighted by atomic mass is 10.3. The van der Waals surface area contributed by atoms with E-state index < -0.39 is 0 Å². The van der Waals surface area contributed by atoms with Crippen molar-refractivity contribution < 1.29 is 9.53 Å². The fraction of sp³-hybridized carbons (Fsp3) is 0.917. The van der Waals surface area contributed by atoms with Gasteiger partial charge < -0.3 is 15.0 Å². The van der Waals surface area contributed by atoms with Crippen LogP contribution in [-0.2, 0) is 4.74 Å². The van der Waals surface area contributed by atoms with Gasteiger partial charge in [0.2, 0.25) is 0 Å². The van der Waals surface area contributed by atoms with Crippen LogP contribution in [0.25, 0.3) is 0 Å². The zero-order chi connectivity index (χ0) is 11.8. The third-order valence-corrected chi connectivity index (χ3v) is 2.78. The van der Waals surface area contributed by atoms with Gasteiger partial charge in [-0.25, -0.2) is 4.79 Å². The highest BCUT2D eigenvalue weighted by Gasteiger charge is 2.20. The van der Waals surface area contributed by atoms with Gasteiger partial charge in [-0.1, -0.05) is 20.3 Å². The van der Waals surface area contributed by atoms with Gasteiger partial charge in [0, 0.05) is 19.7 Å². The third-order valence-electron chi connectivity index (χ3n) is 2.78. The van der Waals surface area contributed by atoms with Crippen LogP contribution in [0.4, 0.5) is 4.79 Å². The summed E-state index contributed by atoms with van der Waals surface area (Å²) in [7, 11) is 0. The van der Waals surface area contributed by atoms with E-state index in [-0.39, 0.29) is 12.3 Å². The Hall–Kier alpha value is -0.770. The minimum absolute atomic E-state index is 0.0298. The topological polar surface area (TPSA) is 41.6 Å². The van der Waals surface area contributed by atoms with Crippen LogP contribution in [0.5, 0.6) is 0 Å². The zero-order valence-corrected chi connectivity index (χ0v) is 10.5. The molecule has 0 radical (unpaired) electrons. The lowest BCUT2D eigenvalue weighted by Crippen LogP contribution is -2.45. The second-order valence-corrected chi connectivity index (χ2v) is 4.29. The van der Waals surface area contributed by atoms with E-state index in [9.17, 15) is 4.79 Å². The van der Waals surface area contributed by atoms with Crippen molar-refractivity contribution in [1.29, 1.82) is 0 Å². The molecule has 0 aromatic rings. The summed E-state index contributed by atoms with van der Waals surface area (Å²) in [6.45, 7) is 6.69. The van der Waals surface area contributed by atoms with Gasteiger partial charge in [-0.3, -0.25) is 0 Å². The first kappa shape index (κ1) is 13.3. The van der Waals surface area contributed by atoms with Crippen LogP contribution >= 0.6 is 0 Å². The maximum Gasteiger partial charge on any atom is 0.319 e. The molecule has 1 N–H and O–H groups in total. The molecule has 1 unspecified atom stereocenters. The summed E-state index contributed by atoms with van der Waals surface area (Å²) in [6.07, 6.45) is 5.12. The Morgan fingerprint density at radius 1 is 1.38 bits per heavy atom. The third kappa shape index (κ3) is 4.39. The van der Waals surface area contributed by atoms with Crippen LogP contribution in [0.15, 0.2) is 0 Å². The summed E-state index contributed by atoms with van der Waals surface area (Å²) in [5.41, 5.74) is 0. The Morgan fingerprint density at radius 2 is 2.19 bits per heavy atom. The van der Waals surface area contributed by atoms with E-state index in [0.717, 1.165) is 51.8 Å². The summed E-state index contributed by atoms with van der Waals surface area (Å²) < 4.78 is 5.40. The number of hydrogen-bond donors (Lipinski definition) is 1. The molecule has 0 aromatic heterocycles. The predicted octanol–water partition coefficient (Wildman–Crippen LogP) is 2.34. The molecule has 4 heteroatoms. The molecule has 0 aromatic carbocycles. The summed E-state index contributed by atoms with van der Waals surface area (Å²) in [5, 5.41) is 2.94. The molecule has 1 rings (SSSR count). The molecule has 0 saturated carbocycles. The van der Waals surface area contributed by atoms with E-state index in [1.165, 1.54) is 0 Å². The normalized spacial score (nSPS) is 19.8. The van der Waals surface area contributed by atoms with Gasteiger partial charge >= 0.3 is 6.03 Å². The highest BCUT2D eigenvalue weighted by Crippen LogP contribution is 2.09.